The van der Waals surface area contributed by atoms with E-state index >= 15 is 0 Å². The maximum atomic E-state index is 5.58. The molecule has 2 aliphatic heterocycles. The smallest absolute Gasteiger partial charge is 0.122 e. The van der Waals surface area contributed by atoms with E-state index in [1.165, 1.54) is 22.5 Å². The molecule has 116 valence electrons. The normalized spacial score (nSPS) is 15.2. The SMILES string of the molecule is Cl.c1ccc2c(c1)NCCN2CCc1ccc2c(c1)CCO2. The van der Waals surface area contributed by atoms with Crippen LogP contribution in [0.15, 0.2) is 42.5 Å². The van der Waals surface area contributed by atoms with E-state index in [0.717, 1.165) is 44.8 Å². The quantitative estimate of drug-likeness (QED) is 0.937. The van der Waals surface area contributed by atoms with Gasteiger partial charge in [-0.2, -0.15) is 0 Å². The van der Waals surface area contributed by atoms with Crippen molar-refractivity contribution in [2.45, 2.75) is 12.8 Å². The minimum Gasteiger partial charge on any atom is -0.493 e. The molecule has 22 heavy (non-hydrogen) atoms. The molecule has 0 saturated heterocycles. The van der Waals surface area contributed by atoms with Gasteiger partial charge in [-0.05, 0) is 35.7 Å². The zero-order valence-electron chi connectivity index (χ0n) is 12.5. The molecule has 0 unspecified atom stereocenters. The summed E-state index contributed by atoms with van der Waals surface area (Å²) in [7, 11) is 0. The molecule has 2 aromatic carbocycles. The molecule has 2 aliphatic rings. The average molecular weight is 317 g/mol. The number of benzene rings is 2. The van der Waals surface area contributed by atoms with E-state index in [0.29, 0.717) is 0 Å². The molecule has 0 fully saturated rings. The molecule has 4 rings (SSSR count). The first-order chi connectivity index (χ1) is 10.4. The van der Waals surface area contributed by atoms with E-state index in [1.54, 1.807) is 0 Å². The molecule has 0 radical (unpaired) electrons. The maximum Gasteiger partial charge on any atom is 0.122 e. The van der Waals surface area contributed by atoms with Crippen molar-refractivity contribution >= 4 is 23.8 Å². The predicted octanol–water partition coefficient (Wildman–Crippen LogP) is 3.52. The van der Waals surface area contributed by atoms with Crippen LogP contribution >= 0.6 is 12.4 Å². The number of ether oxygens (including phenoxy) is 1. The Labute approximate surface area is 137 Å². The third-order valence-corrected chi connectivity index (χ3v) is 4.37. The highest BCUT2D eigenvalue weighted by Gasteiger charge is 2.16. The molecular formula is C18H21ClN2O. The van der Waals surface area contributed by atoms with Gasteiger partial charge in [-0.3, -0.25) is 0 Å². The number of halogens is 1. The second kappa shape index (κ2) is 6.49. The highest BCUT2D eigenvalue weighted by molar-refractivity contribution is 5.85. The Balaban J connectivity index is 0.00000144. The molecule has 0 aromatic heterocycles. The summed E-state index contributed by atoms with van der Waals surface area (Å²) in [6, 6.07) is 15.2. The number of rotatable bonds is 3. The largest absolute Gasteiger partial charge is 0.493 e. The van der Waals surface area contributed by atoms with Crippen LogP contribution in [0, 0.1) is 0 Å². The molecule has 2 heterocycles. The average Bonchev–Trinajstić information content (AvgIpc) is 3.00. The van der Waals surface area contributed by atoms with Gasteiger partial charge >= 0.3 is 0 Å². The number of nitrogens with one attached hydrogen (secondary N) is 1. The Bertz CT molecular complexity index is 659. The van der Waals surface area contributed by atoms with Gasteiger partial charge < -0.3 is 15.0 Å². The Hall–Kier alpha value is -1.87. The Morgan fingerprint density at radius 3 is 3.00 bits per heavy atom. The van der Waals surface area contributed by atoms with E-state index < -0.39 is 0 Å². The number of hydrogen-bond acceptors (Lipinski definition) is 3. The molecule has 0 bridgehead atoms. The van der Waals surface area contributed by atoms with Crippen molar-refractivity contribution in [1.82, 2.24) is 0 Å². The molecule has 4 heteroatoms. The standard InChI is InChI=1S/C18H20N2O.ClH/c1-2-4-17-16(3-1)19-9-11-20(17)10-7-14-5-6-18-15(13-14)8-12-21-18;/h1-6,13,19H,7-12H2;1H. The number of hydrogen-bond donors (Lipinski definition) is 1. The van der Waals surface area contributed by atoms with Gasteiger partial charge in [0, 0.05) is 26.1 Å². The molecule has 0 amide bonds. The molecule has 0 aliphatic carbocycles. The maximum absolute atomic E-state index is 5.58. The van der Waals surface area contributed by atoms with Gasteiger partial charge in [-0.1, -0.05) is 24.3 Å². The van der Waals surface area contributed by atoms with Crippen LogP contribution in [0.3, 0.4) is 0 Å². The van der Waals surface area contributed by atoms with Crippen LogP contribution < -0.4 is 15.0 Å². The number of nitrogens with zero attached hydrogens (tertiary/aromatic N) is 1. The summed E-state index contributed by atoms with van der Waals surface area (Å²) in [5, 5.41) is 3.47. The first-order valence-corrected chi connectivity index (χ1v) is 7.72. The lowest BCUT2D eigenvalue weighted by Gasteiger charge is -2.32. The van der Waals surface area contributed by atoms with Gasteiger partial charge in [0.25, 0.3) is 0 Å². The summed E-state index contributed by atoms with van der Waals surface area (Å²) < 4.78 is 5.58. The van der Waals surface area contributed by atoms with Crippen LogP contribution in [-0.2, 0) is 12.8 Å². The zero-order valence-corrected chi connectivity index (χ0v) is 13.4. The first-order valence-electron chi connectivity index (χ1n) is 7.72. The number of anilines is 2. The van der Waals surface area contributed by atoms with Gasteiger partial charge in [0.15, 0.2) is 0 Å². The van der Waals surface area contributed by atoms with Crippen molar-refractivity contribution in [2.75, 3.05) is 36.5 Å². The van der Waals surface area contributed by atoms with Gasteiger partial charge in [0.1, 0.15) is 5.75 Å². The Morgan fingerprint density at radius 1 is 1.14 bits per heavy atom. The van der Waals surface area contributed by atoms with Gasteiger partial charge in [0.2, 0.25) is 0 Å². The van der Waals surface area contributed by atoms with Crippen molar-refractivity contribution in [3.8, 4) is 5.75 Å². The summed E-state index contributed by atoms with van der Waals surface area (Å²) in [6.07, 6.45) is 2.14. The van der Waals surface area contributed by atoms with E-state index in [-0.39, 0.29) is 12.4 Å². The predicted molar refractivity (Wildman–Crippen MR) is 93.7 cm³/mol. The Morgan fingerprint density at radius 2 is 2.05 bits per heavy atom. The summed E-state index contributed by atoms with van der Waals surface area (Å²) in [6.45, 7) is 4.00. The van der Waals surface area contributed by atoms with Gasteiger partial charge in [-0.15, -0.1) is 12.4 Å². The lowest BCUT2D eigenvalue weighted by atomic mass is 10.1. The summed E-state index contributed by atoms with van der Waals surface area (Å²) in [5.74, 6) is 1.08. The van der Waals surface area contributed by atoms with Crippen LogP contribution in [0.4, 0.5) is 11.4 Å². The van der Waals surface area contributed by atoms with Crippen LogP contribution in [-0.4, -0.2) is 26.2 Å². The van der Waals surface area contributed by atoms with Crippen LogP contribution in [0.5, 0.6) is 5.75 Å². The zero-order chi connectivity index (χ0) is 14.1. The molecule has 2 aromatic rings. The van der Waals surface area contributed by atoms with E-state index in [2.05, 4.69) is 52.7 Å². The highest BCUT2D eigenvalue weighted by Crippen LogP contribution is 2.29. The fraction of sp³-hybridized carbons (Fsp3) is 0.333. The summed E-state index contributed by atoms with van der Waals surface area (Å²) in [4.78, 5) is 2.48. The monoisotopic (exact) mass is 316 g/mol. The van der Waals surface area contributed by atoms with Crippen LogP contribution in [0.25, 0.3) is 0 Å². The minimum absolute atomic E-state index is 0. The molecule has 3 nitrogen and oxygen atoms in total. The lowest BCUT2D eigenvalue weighted by Crippen LogP contribution is -2.35. The molecule has 1 N–H and O–H groups in total. The van der Waals surface area contributed by atoms with Crippen LogP contribution in [0.2, 0.25) is 0 Å². The highest BCUT2D eigenvalue weighted by atomic mass is 35.5. The van der Waals surface area contributed by atoms with Crippen LogP contribution in [0.1, 0.15) is 11.1 Å². The number of fused-ring (bicyclic) bond motifs is 2. The van der Waals surface area contributed by atoms with Crippen molar-refractivity contribution in [3.05, 3.63) is 53.6 Å². The lowest BCUT2D eigenvalue weighted by molar-refractivity contribution is 0.357. The molecular weight excluding hydrogens is 296 g/mol. The van der Waals surface area contributed by atoms with Crippen molar-refractivity contribution in [2.24, 2.45) is 0 Å². The molecule has 0 atom stereocenters. The van der Waals surface area contributed by atoms with Crippen molar-refractivity contribution in [3.63, 3.8) is 0 Å². The molecule has 0 spiro atoms. The molecule has 0 saturated carbocycles. The Kier molecular flexibility index (Phi) is 4.44. The van der Waals surface area contributed by atoms with Gasteiger partial charge in [0.05, 0.1) is 18.0 Å². The third-order valence-electron chi connectivity index (χ3n) is 4.37. The summed E-state index contributed by atoms with van der Waals surface area (Å²) in [5.41, 5.74) is 5.36. The third kappa shape index (κ3) is 2.86. The second-order valence-corrected chi connectivity index (χ2v) is 5.72. The topological polar surface area (TPSA) is 24.5 Å². The van der Waals surface area contributed by atoms with E-state index in [9.17, 15) is 0 Å². The fourth-order valence-corrected chi connectivity index (χ4v) is 3.24. The van der Waals surface area contributed by atoms with Crippen molar-refractivity contribution in [1.29, 1.82) is 0 Å². The summed E-state index contributed by atoms with van der Waals surface area (Å²) >= 11 is 0. The minimum atomic E-state index is 0. The van der Waals surface area contributed by atoms with Crippen molar-refractivity contribution < 1.29 is 4.74 Å². The second-order valence-electron chi connectivity index (χ2n) is 5.72. The van der Waals surface area contributed by atoms with E-state index in [4.69, 9.17) is 4.74 Å². The van der Waals surface area contributed by atoms with E-state index in [1.807, 2.05) is 0 Å². The fourth-order valence-electron chi connectivity index (χ4n) is 3.24. The van der Waals surface area contributed by atoms with Gasteiger partial charge in [-0.25, -0.2) is 0 Å². The first kappa shape index (κ1) is 15.0. The number of para-hydroxylation sites is 2.